The van der Waals surface area contributed by atoms with Crippen LogP contribution in [0, 0.1) is 0 Å². The third kappa shape index (κ3) is 6.57. The van der Waals surface area contributed by atoms with E-state index in [1.165, 1.54) is 18.2 Å². The number of hydrogen-bond acceptors (Lipinski definition) is 5. The largest absolute Gasteiger partial charge is 0.423 e. The van der Waals surface area contributed by atoms with Crippen LogP contribution in [0.15, 0.2) is 34.5 Å². The Morgan fingerprint density at radius 2 is 1.63 bits per heavy atom. The van der Waals surface area contributed by atoms with E-state index in [4.69, 9.17) is 0 Å². The SMILES string of the molecule is O=S(=O)(F)N=P(F)(NS(=O)(=O)F)Oc1ccccc1. The molecule has 108 valence electrons. The van der Waals surface area contributed by atoms with Gasteiger partial charge in [0, 0.05) is 0 Å². The summed E-state index contributed by atoms with van der Waals surface area (Å²) in [5, 5.41) is 0. The van der Waals surface area contributed by atoms with Crippen molar-refractivity contribution in [2.24, 2.45) is 4.15 Å². The van der Waals surface area contributed by atoms with E-state index in [1.807, 2.05) is 4.15 Å². The fourth-order valence-electron chi connectivity index (χ4n) is 0.933. The quantitative estimate of drug-likeness (QED) is 0.653. The molecular formula is C6H6F3N2O5PS2. The predicted octanol–water partition coefficient (Wildman–Crippen LogP) is 2.00. The third-order valence-electron chi connectivity index (χ3n) is 1.39. The summed E-state index contributed by atoms with van der Waals surface area (Å²) in [6.45, 7) is 0. The van der Waals surface area contributed by atoms with Crippen LogP contribution in [0.5, 0.6) is 5.75 Å². The molecule has 0 aliphatic rings. The second-order valence-corrected chi connectivity index (χ2v) is 7.20. The molecule has 0 fully saturated rings. The summed E-state index contributed by atoms with van der Waals surface area (Å²) in [4.78, 5) is 0. The van der Waals surface area contributed by atoms with Crippen molar-refractivity contribution in [3.8, 4) is 5.75 Å². The van der Waals surface area contributed by atoms with Gasteiger partial charge in [-0.2, -0.15) is 16.8 Å². The minimum Gasteiger partial charge on any atom is -0.423 e. The van der Waals surface area contributed by atoms with Crippen molar-refractivity contribution in [2.45, 2.75) is 0 Å². The summed E-state index contributed by atoms with van der Waals surface area (Å²) in [7, 11) is -17.0. The first kappa shape index (κ1) is 16.0. The number of rotatable bonds is 5. The Hall–Kier alpha value is -1.10. The lowest BCUT2D eigenvalue weighted by Crippen LogP contribution is -2.17. The maximum atomic E-state index is 13.8. The van der Waals surface area contributed by atoms with Crippen LogP contribution in [0.25, 0.3) is 0 Å². The summed E-state index contributed by atoms with van der Waals surface area (Å²) in [6.07, 6.45) is 0. The van der Waals surface area contributed by atoms with E-state index in [0.29, 0.717) is 4.49 Å². The Balaban J connectivity index is 3.25. The molecule has 1 N–H and O–H groups in total. The number of para-hydroxylation sites is 1. The van der Waals surface area contributed by atoms with Crippen molar-refractivity contribution >= 4 is 28.6 Å². The molecule has 1 aromatic carbocycles. The van der Waals surface area contributed by atoms with E-state index in [1.54, 1.807) is 0 Å². The normalized spacial score (nSPS) is 15.5. The molecule has 0 spiro atoms. The molecule has 1 aromatic rings. The predicted molar refractivity (Wildman–Crippen MR) is 60.7 cm³/mol. The van der Waals surface area contributed by atoms with Crippen molar-refractivity contribution in [3.05, 3.63) is 30.3 Å². The summed E-state index contributed by atoms with van der Waals surface area (Å²) >= 11 is 0. The highest BCUT2D eigenvalue weighted by atomic mass is 32.3. The lowest BCUT2D eigenvalue weighted by molar-refractivity contribution is 0.520. The van der Waals surface area contributed by atoms with Gasteiger partial charge >= 0.3 is 28.6 Å². The van der Waals surface area contributed by atoms with E-state index < -0.39 is 28.6 Å². The van der Waals surface area contributed by atoms with Gasteiger partial charge in [-0.3, -0.25) is 0 Å². The second kappa shape index (κ2) is 5.49. The molecule has 19 heavy (non-hydrogen) atoms. The molecule has 0 saturated heterocycles. The smallest absolute Gasteiger partial charge is 0.422 e. The molecular weight excluding hydrogens is 332 g/mol. The molecule has 0 aromatic heterocycles. The van der Waals surface area contributed by atoms with Crippen molar-refractivity contribution in [3.63, 3.8) is 0 Å². The summed E-state index contributed by atoms with van der Waals surface area (Å²) in [6, 6.07) is 6.33. The number of halogens is 3. The first-order chi connectivity index (χ1) is 8.49. The van der Waals surface area contributed by atoms with Gasteiger partial charge in [-0.25, -0.2) is 0 Å². The maximum absolute atomic E-state index is 13.8. The highest BCUT2D eigenvalue weighted by Gasteiger charge is 2.32. The monoisotopic (exact) mass is 338 g/mol. The lowest BCUT2D eigenvalue weighted by atomic mass is 10.3. The molecule has 13 heteroatoms. The molecule has 1 unspecified atom stereocenters. The standard InChI is InChI=1S/C6H6F3N2O5PS2/c7-17(10-18(8,12)13,11-19(9,14)15)16-6-4-2-1-3-5-6/h1-5,10H. The Morgan fingerprint density at radius 3 is 2.05 bits per heavy atom. The molecule has 7 nitrogen and oxygen atoms in total. The molecule has 0 aliphatic heterocycles. The van der Waals surface area contributed by atoms with Gasteiger partial charge in [0.1, 0.15) is 5.75 Å². The second-order valence-electron chi connectivity index (χ2n) is 2.93. The molecule has 0 aliphatic carbocycles. The van der Waals surface area contributed by atoms with Crippen LogP contribution in [0.1, 0.15) is 0 Å². The van der Waals surface area contributed by atoms with Crippen molar-refractivity contribution in [1.82, 2.24) is 4.49 Å². The Morgan fingerprint density at radius 1 is 1.11 bits per heavy atom. The van der Waals surface area contributed by atoms with Gasteiger partial charge in [0.15, 0.2) is 0 Å². The molecule has 0 saturated carbocycles. The number of hydrogen-bond donors (Lipinski definition) is 1. The fourth-order valence-corrected chi connectivity index (χ4v) is 4.13. The van der Waals surface area contributed by atoms with Crippen molar-refractivity contribution in [1.29, 1.82) is 0 Å². The van der Waals surface area contributed by atoms with Crippen molar-refractivity contribution < 1.29 is 33.3 Å². The van der Waals surface area contributed by atoms with Gasteiger partial charge in [-0.1, -0.05) is 34.6 Å². The van der Waals surface area contributed by atoms with Gasteiger partial charge in [-0.05, 0) is 12.1 Å². The zero-order valence-electron chi connectivity index (χ0n) is 8.77. The van der Waals surface area contributed by atoms with Crippen molar-refractivity contribution in [2.75, 3.05) is 0 Å². The highest BCUT2D eigenvalue weighted by Crippen LogP contribution is 2.50. The van der Waals surface area contributed by atoms with Gasteiger partial charge in [-0.15, -0.1) is 4.20 Å². The zero-order valence-corrected chi connectivity index (χ0v) is 11.3. The number of nitrogens with one attached hydrogen (secondary N) is 1. The summed E-state index contributed by atoms with van der Waals surface area (Å²) < 4.78 is 86.3. The van der Waals surface area contributed by atoms with Gasteiger partial charge < -0.3 is 4.52 Å². The lowest BCUT2D eigenvalue weighted by Gasteiger charge is -2.13. The van der Waals surface area contributed by atoms with Gasteiger partial charge in [0.2, 0.25) is 0 Å². The topological polar surface area (TPSA) is 102 Å². The number of nitrogens with zero attached hydrogens (tertiary/aromatic N) is 1. The van der Waals surface area contributed by atoms with Crippen LogP contribution in [0.3, 0.4) is 0 Å². The Kier molecular flexibility index (Phi) is 4.61. The average molecular weight is 338 g/mol. The molecule has 0 amide bonds. The average Bonchev–Trinajstić information content (AvgIpc) is 2.11. The van der Waals surface area contributed by atoms with Crippen LogP contribution < -0.4 is 9.02 Å². The molecule has 0 radical (unpaired) electrons. The highest BCUT2D eigenvalue weighted by molar-refractivity contribution is 7.94. The number of benzene rings is 1. The first-order valence-corrected chi connectivity index (χ1v) is 8.53. The van der Waals surface area contributed by atoms with E-state index in [0.717, 1.165) is 12.1 Å². The van der Waals surface area contributed by atoms with Crippen LogP contribution in [-0.4, -0.2) is 16.8 Å². The maximum Gasteiger partial charge on any atom is 0.422 e. The van der Waals surface area contributed by atoms with E-state index in [9.17, 15) is 28.8 Å². The molecule has 0 heterocycles. The van der Waals surface area contributed by atoms with Crippen LogP contribution >= 0.6 is 7.74 Å². The zero-order chi connectivity index (χ0) is 14.7. The van der Waals surface area contributed by atoms with Crippen LogP contribution in [0.4, 0.5) is 12.0 Å². The summed E-state index contributed by atoms with van der Waals surface area (Å²) in [5.41, 5.74) is 0. The Bertz CT molecular complexity index is 706. The van der Waals surface area contributed by atoms with E-state index >= 15 is 0 Å². The molecule has 0 bridgehead atoms. The van der Waals surface area contributed by atoms with Gasteiger partial charge in [0.25, 0.3) is 0 Å². The minimum absolute atomic E-state index is 0.373. The van der Waals surface area contributed by atoms with Gasteiger partial charge in [0.05, 0.1) is 0 Å². The Labute approximate surface area is 107 Å². The third-order valence-corrected chi connectivity index (χ3v) is 5.24. The molecule has 1 rings (SSSR count). The summed E-state index contributed by atoms with van der Waals surface area (Å²) in [5.74, 6) is -0.373. The van der Waals surface area contributed by atoms with Crippen LogP contribution in [-0.2, 0) is 20.8 Å². The fraction of sp³-hybridized carbons (Fsp3) is 0. The molecule has 1 atom stereocenters. The van der Waals surface area contributed by atoms with E-state index in [2.05, 4.69) is 4.52 Å². The van der Waals surface area contributed by atoms with Crippen LogP contribution in [0.2, 0.25) is 0 Å². The minimum atomic E-state index is -5.79. The van der Waals surface area contributed by atoms with E-state index in [-0.39, 0.29) is 5.75 Å². The first-order valence-electron chi connectivity index (χ1n) is 4.25.